The highest BCUT2D eigenvalue weighted by molar-refractivity contribution is 5.97. The molecule has 0 aliphatic heterocycles. The number of aryl methyl sites for hydroxylation is 3. The summed E-state index contributed by atoms with van der Waals surface area (Å²) in [6, 6.07) is 14.0. The van der Waals surface area contributed by atoms with Crippen molar-refractivity contribution in [3.8, 4) is 11.5 Å². The maximum atomic E-state index is 12.8. The van der Waals surface area contributed by atoms with Crippen molar-refractivity contribution >= 4 is 22.5 Å². The molecule has 0 aliphatic rings. The standard InChI is InChI=1S/C22H22N4O2/c1-4-16-9-7-8-14(2)21(16)23-20(27)13-26-12-18(22-25-24-15(3)28-22)17-10-5-6-11-19(17)26/h5-12H,4,13H2,1-3H3,(H,23,27). The monoisotopic (exact) mass is 374 g/mol. The molecule has 0 atom stereocenters. The quantitative estimate of drug-likeness (QED) is 0.558. The zero-order chi connectivity index (χ0) is 19.7. The molecule has 0 saturated carbocycles. The van der Waals surface area contributed by atoms with Crippen LogP contribution < -0.4 is 5.32 Å². The lowest BCUT2D eigenvalue weighted by atomic mass is 10.1. The first kappa shape index (κ1) is 18.0. The predicted molar refractivity (Wildman–Crippen MR) is 109 cm³/mol. The Labute approximate surface area is 163 Å². The fourth-order valence-electron chi connectivity index (χ4n) is 3.49. The molecule has 4 rings (SSSR count). The second kappa shape index (κ2) is 7.31. The number of aromatic nitrogens is 3. The first-order valence-electron chi connectivity index (χ1n) is 9.33. The molecule has 0 saturated heterocycles. The maximum Gasteiger partial charge on any atom is 0.249 e. The van der Waals surface area contributed by atoms with Crippen LogP contribution in [0.5, 0.6) is 0 Å². The lowest BCUT2D eigenvalue weighted by Crippen LogP contribution is -2.19. The second-order valence-electron chi connectivity index (χ2n) is 6.82. The van der Waals surface area contributed by atoms with Crippen molar-refractivity contribution in [2.75, 3.05) is 5.32 Å². The van der Waals surface area contributed by atoms with Gasteiger partial charge in [0.05, 0.1) is 5.56 Å². The van der Waals surface area contributed by atoms with Gasteiger partial charge in [-0.15, -0.1) is 10.2 Å². The van der Waals surface area contributed by atoms with Gasteiger partial charge in [0.1, 0.15) is 6.54 Å². The van der Waals surface area contributed by atoms with Crippen molar-refractivity contribution in [2.24, 2.45) is 0 Å². The van der Waals surface area contributed by atoms with Crippen LogP contribution >= 0.6 is 0 Å². The number of anilines is 1. The molecule has 142 valence electrons. The first-order valence-corrected chi connectivity index (χ1v) is 9.33. The summed E-state index contributed by atoms with van der Waals surface area (Å²) in [6.07, 6.45) is 2.76. The summed E-state index contributed by atoms with van der Waals surface area (Å²) in [5.74, 6) is 0.897. The number of para-hydroxylation sites is 2. The van der Waals surface area contributed by atoms with Gasteiger partial charge in [-0.2, -0.15) is 0 Å². The Hall–Kier alpha value is -3.41. The SMILES string of the molecule is CCc1cccc(C)c1NC(=O)Cn1cc(-c2nnc(C)o2)c2ccccc21. The molecule has 4 aromatic rings. The molecule has 0 aliphatic carbocycles. The van der Waals surface area contributed by atoms with E-state index in [0.717, 1.165) is 39.7 Å². The highest BCUT2D eigenvalue weighted by atomic mass is 16.4. The Bertz CT molecular complexity index is 1160. The zero-order valence-corrected chi connectivity index (χ0v) is 16.2. The number of amides is 1. The fraction of sp³-hybridized carbons (Fsp3) is 0.227. The Morgan fingerprint density at radius 2 is 1.93 bits per heavy atom. The summed E-state index contributed by atoms with van der Waals surface area (Å²) >= 11 is 0. The number of nitrogens with one attached hydrogen (secondary N) is 1. The van der Waals surface area contributed by atoms with Crippen LogP contribution in [0.15, 0.2) is 53.1 Å². The number of carbonyl (C=O) groups is 1. The minimum Gasteiger partial charge on any atom is -0.421 e. The smallest absolute Gasteiger partial charge is 0.249 e. The topological polar surface area (TPSA) is 73.0 Å². The molecule has 6 heteroatoms. The summed E-state index contributed by atoms with van der Waals surface area (Å²) in [7, 11) is 0. The maximum absolute atomic E-state index is 12.8. The molecule has 1 amide bonds. The average Bonchev–Trinajstić information content (AvgIpc) is 3.27. The number of benzene rings is 2. The minimum absolute atomic E-state index is 0.0713. The molecule has 0 fully saturated rings. The van der Waals surface area contributed by atoms with Gasteiger partial charge in [0, 0.05) is 29.7 Å². The van der Waals surface area contributed by atoms with Crippen molar-refractivity contribution in [1.82, 2.24) is 14.8 Å². The van der Waals surface area contributed by atoms with Crippen molar-refractivity contribution in [2.45, 2.75) is 33.7 Å². The number of carbonyl (C=O) groups excluding carboxylic acids is 1. The summed E-state index contributed by atoms with van der Waals surface area (Å²) in [5, 5.41) is 12.1. The lowest BCUT2D eigenvalue weighted by Gasteiger charge is -2.13. The van der Waals surface area contributed by atoms with Crippen molar-refractivity contribution in [3.05, 3.63) is 65.7 Å². The van der Waals surface area contributed by atoms with E-state index in [1.807, 2.05) is 60.2 Å². The van der Waals surface area contributed by atoms with Crippen LogP contribution in [-0.2, 0) is 17.8 Å². The number of nitrogens with zero attached hydrogens (tertiary/aromatic N) is 3. The Kier molecular flexibility index (Phi) is 4.69. The molecule has 0 spiro atoms. The molecule has 1 N–H and O–H groups in total. The highest BCUT2D eigenvalue weighted by Crippen LogP contribution is 2.30. The van der Waals surface area contributed by atoms with Gasteiger partial charge in [-0.25, -0.2) is 0 Å². The van der Waals surface area contributed by atoms with Gasteiger partial charge in [-0.05, 0) is 30.5 Å². The second-order valence-corrected chi connectivity index (χ2v) is 6.82. The van der Waals surface area contributed by atoms with Gasteiger partial charge in [0.2, 0.25) is 17.7 Å². The predicted octanol–water partition coefficient (Wildman–Crippen LogP) is 4.51. The van der Waals surface area contributed by atoms with Gasteiger partial charge in [0.15, 0.2) is 0 Å². The van der Waals surface area contributed by atoms with Gasteiger partial charge in [-0.1, -0.05) is 43.3 Å². The third-order valence-corrected chi connectivity index (χ3v) is 4.86. The molecule has 6 nitrogen and oxygen atoms in total. The lowest BCUT2D eigenvalue weighted by molar-refractivity contribution is -0.116. The van der Waals surface area contributed by atoms with Crippen LogP contribution in [-0.4, -0.2) is 20.7 Å². The highest BCUT2D eigenvalue weighted by Gasteiger charge is 2.17. The van der Waals surface area contributed by atoms with E-state index in [1.54, 1.807) is 6.92 Å². The van der Waals surface area contributed by atoms with E-state index in [4.69, 9.17) is 4.42 Å². The van der Waals surface area contributed by atoms with E-state index >= 15 is 0 Å². The third kappa shape index (κ3) is 3.29. The van der Waals surface area contributed by atoms with E-state index in [2.05, 4.69) is 22.4 Å². The van der Waals surface area contributed by atoms with E-state index in [9.17, 15) is 4.79 Å². The third-order valence-electron chi connectivity index (χ3n) is 4.86. The molecule has 2 heterocycles. The molecule has 2 aromatic carbocycles. The number of fused-ring (bicyclic) bond motifs is 1. The van der Waals surface area contributed by atoms with Crippen LogP contribution in [0.4, 0.5) is 5.69 Å². The van der Waals surface area contributed by atoms with E-state index in [-0.39, 0.29) is 12.5 Å². The summed E-state index contributed by atoms with van der Waals surface area (Å²) < 4.78 is 7.52. The van der Waals surface area contributed by atoms with Crippen LogP contribution in [0.2, 0.25) is 0 Å². The van der Waals surface area contributed by atoms with Crippen LogP contribution in [0.3, 0.4) is 0 Å². The van der Waals surface area contributed by atoms with Crippen LogP contribution in [0, 0.1) is 13.8 Å². The van der Waals surface area contributed by atoms with Crippen molar-refractivity contribution in [3.63, 3.8) is 0 Å². The minimum atomic E-state index is -0.0713. The van der Waals surface area contributed by atoms with Crippen LogP contribution in [0.25, 0.3) is 22.4 Å². The molecule has 0 unspecified atom stereocenters. The molecule has 28 heavy (non-hydrogen) atoms. The zero-order valence-electron chi connectivity index (χ0n) is 16.2. The van der Waals surface area contributed by atoms with Gasteiger partial charge in [-0.3, -0.25) is 4.79 Å². The Balaban J connectivity index is 1.66. The van der Waals surface area contributed by atoms with Crippen molar-refractivity contribution in [1.29, 1.82) is 0 Å². The number of hydrogen-bond acceptors (Lipinski definition) is 4. The largest absolute Gasteiger partial charge is 0.421 e. The Morgan fingerprint density at radius 1 is 1.11 bits per heavy atom. The normalized spacial score (nSPS) is 11.1. The van der Waals surface area contributed by atoms with Crippen molar-refractivity contribution < 1.29 is 9.21 Å². The number of rotatable bonds is 5. The van der Waals surface area contributed by atoms with Gasteiger partial charge >= 0.3 is 0 Å². The fourth-order valence-corrected chi connectivity index (χ4v) is 3.49. The van der Waals surface area contributed by atoms with E-state index in [1.165, 1.54) is 0 Å². The molecule has 0 radical (unpaired) electrons. The number of hydrogen-bond donors (Lipinski definition) is 1. The molecular formula is C22H22N4O2. The average molecular weight is 374 g/mol. The van der Waals surface area contributed by atoms with E-state index in [0.29, 0.717) is 11.8 Å². The van der Waals surface area contributed by atoms with Crippen LogP contribution in [0.1, 0.15) is 23.9 Å². The summed E-state index contributed by atoms with van der Waals surface area (Å²) in [4.78, 5) is 12.8. The molecule has 0 bridgehead atoms. The Morgan fingerprint density at radius 3 is 2.68 bits per heavy atom. The van der Waals surface area contributed by atoms with Gasteiger partial charge < -0.3 is 14.3 Å². The van der Waals surface area contributed by atoms with E-state index < -0.39 is 0 Å². The molecular weight excluding hydrogens is 352 g/mol. The van der Waals surface area contributed by atoms with Gasteiger partial charge in [0.25, 0.3) is 0 Å². The molecule has 2 aromatic heterocycles. The summed E-state index contributed by atoms with van der Waals surface area (Å²) in [6.45, 7) is 6.06. The first-order chi connectivity index (χ1) is 13.6. The summed E-state index contributed by atoms with van der Waals surface area (Å²) in [5.41, 5.74) is 4.87.